The standard InChI is InChI=1S/C72H134O6/c1-4-7-10-13-16-19-22-24-26-28-30-32-33-34-35-36-37-38-39-41-42-44-46-48-50-53-56-59-62-65-71(74)77-68-69(67-76-70(73)64-61-58-55-52-21-18-15-12-9-6-3)78-72(75)66-63-60-57-54-51-49-47-45-43-40-31-29-27-25-23-20-17-14-11-8-5-2/h23,25,28-31,69H,4-22,24,26-27,32-68H2,1-3H3/b25-23-,30-28-,31-29-. The number of carbonyl (C=O) groups excluding carboxylic acids is 3. The number of hydrogen-bond donors (Lipinski definition) is 0. The van der Waals surface area contributed by atoms with Gasteiger partial charge < -0.3 is 14.2 Å². The highest BCUT2D eigenvalue weighted by Crippen LogP contribution is 2.18. The summed E-state index contributed by atoms with van der Waals surface area (Å²) in [7, 11) is 0. The van der Waals surface area contributed by atoms with E-state index in [-0.39, 0.29) is 31.1 Å². The Morgan fingerprint density at radius 2 is 0.462 bits per heavy atom. The molecular weight excluding hydrogens is 961 g/mol. The topological polar surface area (TPSA) is 78.9 Å². The molecule has 6 heteroatoms. The molecule has 0 spiro atoms. The third-order valence-corrected chi connectivity index (χ3v) is 15.9. The molecule has 0 saturated carbocycles. The van der Waals surface area contributed by atoms with Crippen LogP contribution in [0.25, 0.3) is 0 Å². The summed E-state index contributed by atoms with van der Waals surface area (Å²) in [6.07, 6.45) is 83.3. The van der Waals surface area contributed by atoms with Crippen molar-refractivity contribution in [1.29, 1.82) is 0 Å². The lowest BCUT2D eigenvalue weighted by Crippen LogP contribution is -2.30. The summed E-state index contributed by atoms with van der Waals surface area (Å²) in [5, 5.41) is 0. The van der Waals surface area contributed by atoms with E-state index in [1.807, 2.05) is 0 Å². The number of ether oxygens (including phenoxy) is 3. The van der Waals surface area contributed by atoms with Gasteiger partial charge in [-0.2, -0.15) is 0 Å². The summed E-state index contributed by atoms with van der Waals surface area (Å²) in [6.45, 7) is 6.68. The van der Waals surface area contributed by atoms with Crippen molar-refractivity contribution >= 4 is 17.9 Å². The molecule has 0 aliphatic carbocycles. The van der Waals surface area contributed by atoms with Crippen LogP contribution in [-0.2, 0) is 28.6 Å². The van der Waals surface area contributed by atoms with Crippen molar-refractivity contribution in [3.8, 4) is 0 Å². The third-order valence-electron chi connectivity index (χ3n) is 15.9. The largest absolute Gasteiger partial charge is 0.462 e. The first-order valence-electron chi connectivity index (χ1n) is 35.0. The van der Waals surface area contributed by atoms with Crippen LogP contribution in [0.4, 0.5) is 0 Å². The van der Waals surface area contributed by atoms with E-state index in [2.05, 4.69) is 57.2 Å². The second kappa shape index (κ2) is 67.1. The second-order valence-electron chi connectivity index (χ2n) is 23.8. The van der Waals surface area contributed by atoms with Crippen LogP contribution in [0.15, 0.2) is 36.5 Å². The van der Waals surface area contributed by atoms with Crippen LogP contribution in [0, 0.1) is 0 Å². The van der Waals surface area contributed by atoms with E-state index in [1.54, 1.807) is 0 Å². The summed E-state index contributed by atoms with van der Waals surface area (Å²) in [5.41, 5.74) is 0. The zero-order valence-electron chi connectivity index (χ0n) is 52.7. The van der Waals surface area contributed by atoms with Gasteiger partial charge in [-0.3, -0.25) is 14.4 Å². The Morgan fingerprint density at radius 3 is 0.718 bits per heavy atom. The summed E-state index contributed by atoms with van der Waals surface area (Å²) < 4.78 is 16.9. The highest BCUT2D eigenvalue weighted by Gasteiger charge is 2.19. The van der Waals surface area contributed by atoms with Gasteiger partial charge in [-0.1, -0.05) is 327 Å². The second-order valence-corrected chi connectivity index (χ2v) is 23.8. The molecule has 1 atom stereocenters. The fraction of sp³-hybridized carbons (Fsp3) is 0.875. The highest BCUT2D eigenvalue weighted by atomic mass is 16.6. The Hall–Kier alpha value is -2.37. The monoisotopic (exact) mass is 1100 g/mol. The molecule has 0 fully saturated rings. The van der Waals surface area contributed by atoms with Gasteiger partial charge in [-0.25, -0.2) is 0 Å². The minimum atomic E-state index is -0.771. The average Bonchev–Trinajstić information content (AvgIpc) is 3.44. The van der Waals surface area contributed by atoms with Gasteiger partial charge in [-0.15, -0.1) is 0 Å². The van der Waals surface area contributed by atoms with Crippen LogP contribution in [0.5, 0.6) is 0 Å². The van der Waals surface area contributed by atoms with Crippen molar-refractivity contribution in [3.63, 3.8) is 0 Å². The maximum absolute atomic E-state index is 12.9. The molecule has 0 heterocycles. The predicted molar refractivity (Wildman–Crippen MR) is 339 cm³/mol. The summed E-state index contributed by atoms with van der Waals surface area (Å²) >= 11 is 0. The highest BCUT2D eigenvalue weighted by molar-refractivity contribution is 5.71. The molecule has 0 bridgehead atoms. The van der Waals surface area contributed by atoms with Gasteiger partial charge in [0.2, 0.25) is 0 Å². The Kier molecular flexibility index (Phi) is 65.1. The van der Waals surface area contributed by atoms with E-state index in [0.717, 1.165) is 64.2 Å². The first-order chi connectivity index (χ1) is 38.5. The van der Waals surface area contributed by atoms with E-state index in [0.29, 0.717) is 19.3 Å². The number of allylic oxidation sites excluding steroid dienone is 6. The lowest BCUT2D eigenvalue weighted by molar-refractivity contribution is -0.167. The molecule has 0 N–H and O–H groups in total. The van der Waals surface area contributed by atoms with Crippen LogP contribution in [0.1, 0.15) is 387 Å². The van der Waals surface area contributed by atoms with Crippen LogP contribution in [0.3, 0.4) is 0 Å². The summed E-state index contributed by atoms with van der Waals surface area (Å²) in [6, 6.07) is 0. The Balaban J connectivity index is 4.13. The number of rotatable bonds is 65. The number of esters is 3. The number of hydrogen-bond acceptors (Lipinski definition) is 6. The quantitative estimate of drug-likeness (QED) is 0.0261. The SMILES string of the molecule is CCCCCCC/C=C\C/C=C\CCCCCCCCCCCC(=O)OC(COC(=O)CCCCCCCCCCCC)COC(=O)CCCCCCCCCCCCCCCCCCC/C=C\CCCCCCCCCC. The van der Waals surface area contributed by atoms with Crippen molar-refractivity contribution in [2.75, 3.05) is 13.2 Å². The number of unbranched alkanes of at least 4 members (excludes halogenated alkanes) is 48. The summed E-state index contributed by atoms with van der Waals surface area (Å²) in [4.78, 5) is 38.3. The third kappa shape index (κ3) is 64.5. The Labute approximate surface area is 486 Å². The lowest BCUT2D eigenvalue weighted by atomic mass is 10.0. The predicted octanol–water partition coefficient (Wildman–Crippen LogP) is 23.9. The average molecular weight is 1100 g/mol. The molecular formula is C72H134O6. The zero-order chi connectivity index (χ0) is 56.4. The normalized spacial score (nSPS) is 12.2. The maximum atomic E-state index is 12.9. The molecule has 0 aromatic heterocycles. The zero-order valence-corrected chi connectivity index (χ0v) is 52.7. The van der Waals surface area contributed by atoms with Crippen molar-refractivity contribution in [3.05, 3.63) is 36.5 Å². The van der Waals surface area contributed by atoms with E-state index in [4.69, 9.17) is 14.2 Å². The molecule has 0 saturated heterocycles. The maximum Gasteiger partial charge on any atom is 0.306 e. The lowest BCUT2D eigenvalue weighted by Gasteiger charge is -2.18. The Bertz CT molecular complexity index is 1300. The van der Waals surface area contributed by atoms with E-state index < -0.39 is 6.10 Å². The molecule has 78 heavy (non-hydrogen) atoms. The van der Waals surface area contributed by atoms with Crippen molar-refractivity contribution in [2.24, 2.45) is 0 Å². The van der Waals surface area contributed by atoms with Crippen LogP contribution in [0.2, 0.25) is 0 Å². The molecule has 0 aliphatic heterocycles. The first-order valence-corrected chi connectivity index (χ1v) is 35.0. The molecule has 0 aliphatic rings. The fourth-order valence-corrected chi connectivity index (χ4v) is 10.6. The molecule has 0 radical (unpaired) electrons. The van der Waals surface area contributed by atoms with E-state index >= 15 is 0 Å². The molecule has 6 nitrogen and oxygen atoms in total. The van der Waals surface area contributed by atoms with Crippen molar-refractivity contribution in [2.45, 2.75) is 393 Å². The summed E-state index contributed by atoms with van der Waals surface area (Å²) in [5.74, 6) is -0.848. The minimum Gasteiger partial charge on any atom is -0.462 e. The molecule has 0 aromatic rings. The Morgan fingerprint density at radius 1 is 0.256 bits per heavy atom. The molecule has 458 valence electrons. The molecule has 0 rings (SSSR count). The van der Waals surface area contributed by atoms with Gasteiger partial charge in [0.25, 0.3) is 0 Å². The smallest absolute Gasteiger partial charge is 0.306 e. The van der Waals surface area contributed by atoms with Crippen molar-refractivity contribution in [1.82, 2.24) is 0 Å². The van der Waals surface area contributed by atoms with Gasteiger partial charge >= 0.3 is 17.9 Å². The molecule has 0 aromatic carbocycles. The fourth-order valence-electron chi connectivity index (χ4n) is 10.6. The first kappa shape index (κ1) is 75.6. The van der Waals surface area contributed by atoms with E-state index in [1.165, 1.54) is 283 Å². The van der Waals surface area contributed by atoms with Gasteiger partial charge in [-0.05, 0) is 77.0 Å². The molecule has 1 unspecified atom stereocenters. The van der Waals surface area contributed by atoms with Gasteiger partial charge in [0, 0.05) is 19.3 Å². The van der Waals surface area contributed by atoms with Crippen LogP contribution >= 0.6 is 0 Å². The minimum absolute atomic E-state index is 0.0687. The van der Waals surface area contributed by atoms with E-state index in [9.17, 15) is 14.4 Å². The van der Waals surface area contributed by atoms with Crippen LogP contribution in [-0.4, -0.2) is 37.2 Å². The van der Waals surface area contributed by atoms with Gasteiger partial charge in [0.1, 0.15) is 13.2 Å². The van der Waals surface area contributed by atoms with Crippen LogP contribution < -0.4 is 0 Å². The van der Waals surface area contributed by atoms with Gasteiger partial charge in [0.05, 0.1) is 0 Å². The van der Waals surface area contributed by atoms with Gasteiger partial charge in [0.15, 0.2) is 6.10 Å². The molecule has 0 amide bonds. The number of carbonyl (C=O) groups is 3. The van der Waals surface area contributed by atoms with Crippen molar-refractivity contribution < 1.29 is 28.6 Å².